The van der Waals surface area contributed by atoms with Crippen molar-refractivity contribution >= 4 is 34.6 Å². The Hall–Kier alpha value is -3.05. The van der Waals surface area contributed by atoms with E-state index < -0.39 is 0 Å². The zero-order chi connectivity index (χ0) is 19.2. The van der Waals surface area contributed by atoms with Gasteiger partial charge in [-0.1, -0.05) is 17.7 Å². The minimum absolute atomic E-state index is 0.286. The van der Waals surface area contributed by atoms with Crippen molar-refractivity contribution in [2.24, 2.45) is 0 Å². The highest BCUT2D eigenvalue weighted by Gasteiger charge is 2.10. The molecule has 0 spiro atoms. The highest BCUT2D eigenvalue weighted by atomic mass is 35.5. The van der Waals surface area contributed by atoms with Crippen LogP contribution in [0, 0.1) is 6.92 Å². The summed E-state index contributed by atoms with van der Waals surface area (Å²) in [6.07, 6.45) is 1.59. The second kappa shape index (κ2) is 8.56. The second-order valence-corrected chi connectivity index (χ2v) is 6.29. The van der Waals surface area contributed by atoms with E-state index in [1.54, 1.807) is 30.5 Å². The number of ether oxygens (including phenoxy) is 1. The fourth-order valence-electron chi connectivity index (χ4n) is 2.53. The summed E-state index contributed by atoms with van der Waals surface area (Å²) >= 11 is 6.16. The molecule has 0 saturated heterocycles. The van der Waals surface area contributed by atoms with Crippen LogP contribution in [-0.4, -0.2) is 17.5 Å². The van der Waals surface area contributed by atoms with E-state index in [2.05, 4.69) is 15.6 Å². The molecule has 0 radical (unpaired) electrons. The molecule has 27 heavy (non-hydrogen) atoms. The van der Waals surface area contributed by atoms with Crippen molar-refractivity contribution in [3.8, 4) is 5.75 Å². The third-order valence-electron chi connectivity index (χ3n) is 3.96. The summed E-state index contributed by atoms with van der Waals surface area (Å²) in [5.41, 5.74) is 3.57. The van der Waals surface area contributed by atoms with E-state index in [4.69, 9.17) is 16.3 Å². The van der Waals surface area contributed by atoms with Crippen LogP contribution in [0.15, 0.2) is 60.8 Å². The molecule has 0 bridgehead atoms. The lowest BCUT2D eigenvalue weighted by Gasteiger charge is -2.11. The SMILES string of the molecule is CCOc1ccc(NC(=O)c2cc(Nc3cccc(Cl)c3C)ccn2)cc1. The van der Waals surface area contributed by atoms with Crippen molar-refractivity contribution in [2.75, 3.05) is 17.2 Å². The summed E-state index contributed by atoms with van der Waals surface area (Å²) in [5, 5.41) is 6.79. The molecule has 2 N–H and O–H groups in total. The Morgan fingerprint density at radius 2 is 1.89 bits per heavy atom. The van der Waals surface area contributed by atoms with E-state index >= 15 is 0 Å². The molecule has 1 amide bonds. The minimum atomic E-state index is -0.286. The molecule has 3 rings (SSSR count). The summed E-state index contributed by atoms with van der Waals surface area (Å²) in [6, 6.07) is 16.3. The summed E-state index contributed by atoms with van der Waals surface area (Å²) in [7, 11) is 0. The number of nitrogens with zero attached hydrogens (tertiary/aromatic N) is 1. The standard InChI is InChI=1S/C21H20ClN3O2/c1-3-27-17-9-7-15(8-10-17)25-21(26)20-13-16(11-12-23-20)24-19-6-4-5-18(22)14(19)2/h4-13H,3H2,1-2H3,(H,23,24)(H,25,26). The Labute approximate surface area is 163 Å². The topological polar surface area (TPSA) is 63.2 Å². The Bertz CT molecular complexity index is 942. The number of aromatic nitrogens is 1. The van der Waals surface area contributed by atoms with Gasteiger partial charge in [-0.25, -0.2) is 0 Å². The Morgan fingerprint density at radius 3 is 2.63 bits per heavy atom. The van der Waals surface area contributed by atoms with Gasteiger partial charge in [-0.05, 0) is 67.9 Å². The molecule has 1 heterocycles. The summed E-state index contributed by atoms with van der Waals surface area (Å²) in [4.78, 5) is 16.7. The van der Waals surface area contributed by atoms with Crippen LogP contribution in [0.1, 0.15) is 23.0 Å². The van der Waals surface area contributed by atoms with Crippen LogP contribution in [0.4, 0.5) is 17.1 Å². The first-order valence-electron chi connectivity index (χ1n) is 8.59. The highest BCUT2D eigenvalue weighted by molar-refractivity contribution is 6.31. The van der Waals surface area contributed by atoms with Crippen LogP contribution < -0.4 is 15.4 Å². The molecule has 6 heteroatoms. The second-order valence-electron chi connectivity index (χ2n) is 5.88. The maximum Gasteiger partial charge on any atom is 0.274 e. The molecular weight excluding hydrogens is 362 g/mol. The smallest absolute Gasteiger partial charge is 0.274 e. The lowest BCUT2D eigenvalue weighted by molar-refractivity contribution is 0.102. The largest absolute Gasteiger partial charge is 0.494 e. The number of rotatable bonds is 6. The third kappa shape index (κ3) is 4.77. The van der Waals surface area contributed by atoms with E-state index in [1.165, 1.54) is 0 Å². The molecule has 0 atom stereocenters. The van der Waals surface area contributed by atoms with Gasteiger partial charge in [0.1, 0.15) is 11.4 Å². The van der Waals surface area contributed by atoms with Gasteiger partial charge in [0, 0.05) is 28.3 Å². The van der Waals surface area contributed by atoms with Gasteiger partial charge in [0.25, 0.3) is 5.91 Å². The molecule has 1 aromatic heterocycles. The van der Waals surface area contributed by atoms with Crippen LogP contribution in [-0.2, 0) is 0 Å². The van der Waals surface area contributed by atoms with Gasteiger partial charge >= 0.3 is 0 Å². The van der Waals surface area contributed by atoms with Crippen LogP contribution >= 0.6 is 11.6 Å². The van der Waals surface area contributed by atoms with Gasteiger partial charge in [0.15, 0.2) is 0 Å². The van der Waals surface area contributed by atoms with Crippen LogP contribution in [0.3, 0.4) is 0 Å². The number of pyridine rings is 1. The zero-order valence-corrected chi connectivity index (χ0v) is 15.9. The van der Waals surface area contributed by atoms with E-state index in [-0.39, 0.29) is 5.91 Å². The first-order valence-corrected chi connectivity index (χ1v) is 8.97. The van der Waals surface area contributed by atoms with E-state index in [1.807, 2.05) is 44.2 Å². The predicted octanol–water partition coefficient (Wildman–Crippen LogP) is 5.44. The molecule has 0 aliphatic heterocycles. The molecule has 0 unspecified atom stereocenters. The number of carbonyl (C=O) groups excluding carboxylic acids is 1. The van der Waals surface area contributed by atoms with Gasteiger partial charge in [0.05, 0.1) is 6.61 Å². The van der Waals surface area contributed by atoms with E-state index in [9.17, 15) is 4.79 Å². The van der Waals surface area contributed by atoms with Gasteiger partial charge in [-0.2, -0.15) is 0 Å². The van der Waals surface area contributed by atoms with Gasteiger partial charge < -0.3 is 15.4 Å². The monoisotopic (exact) mass is 381 g/mol. The fraction of sp³-hybridized carbons (Fsp3) is 0.143. The summed E-state index contributed by atoms with van der Waals surface area (Å²) < 4.78 is 5.40. The van der Waals surface area contributed by atoms with Crippen LogP contribution in [0.2, 0.25) is 5.02 Å². The van der Waals surface area contributed by atoms with E-state index in [0.29, 0.717) is 23.0 Å². The van der Waals surface area contributed by atoms with Crippen molar-refractivity contribution < 1.29 is 9.53 Å². The maximum atomic E-state index is 12.5. The number of anilines is 3. The molecule has 2 aromatic carbocycles. The normalized spacial score (nSPS) is 10.3. The number of carbonyl (C=O) groups is 1. The number of halogens is 1. The molecule has 5 nitrogen and oxygen atoms in total. The van der Waals surface area contributed by atoms with Gasteiger partial charge in [0.2, 0.25) is 0 Å². The zero-order valence-electron chi connectivity index (χ0n) is 15.1. The number of nitrogens with one attached hydrogen (secondary N) is 2. The highest BCUT2D eigenvalue weighted by Crippen LogP contribution is 2.26. The van der Waals surface area contributed by atoms with Gasteiger partial charge in [-0.3, -0.25) is 9.78 Å². The average molecular weight is 382 g/mol. The summed E-state index contributed by atoms with van der Waals surface area (Å²) in [5.74, 6) is 0.474. The lowest BCUT2D eigenvalue weighted by atomic mass is 10.2. The molecule has 0 aliphatic rings. The van der Waals surface area contributed by atoms with Crippen molar-refractivity contribution in [1.29, 1.82) is 0 Å². The van der Waals surface area contributed by atoms with Crippen LogP contribution in [0.25, 0.3) is 0 Å². The van der Waals surface area contributed by atoms with Gasteiger partial charge in [-0.15, -0.1) is 0 Å². The van der Waals surface area contributed by atoms with Crippen molar-refractivity contribution in [3.63, 3.8) is 0 Å². The summed E-state index contributed by atoms with van der Waals surface area (Å²) in [6.45, 7) is 4.46. The number of amides is 1. The molecule has 0 aliphatic carbocycles. The quantitative estimate of drug-likeness (QED) is 0.597. The molecule has 0 saturated carbocycles. The molecular formula is C21H20ClN3O2. The number of benzene rings is 2. The fourth-order valence-corrected chi connectivity index (χ4v) is 2.70. The Kier molecular flexibility index (Phi) is 5.94. The van der Waals surface area contributed by atoms with Crippen LogP contribution in [0.5, 0.6) is 5.75 Å². The van der Waals surface area contributed by atoms with Crippen molar-refractivity contribution in [1.82, 2.24) is 4.98 Å². The average Bonchev–Trinajstić information content (AvgIpc) is 2.67. The third-order valence-corrected chi connectivity index (χ3v) is 4.37. The Morgan fingerprint density at radius 1 is 1.11 bits per heavy atom. The van der Waals surface area contributed by atoms with E-state index in [0.717, 1.165) is 22.7 Å². The maximum absolute atomic E-state index is 12.5. The predicted molar refractivity (Wildman–Crippen MR) is 109 cm³/mol. The molecule has 138 valence electrons. The molecule has 3 aromatic rings. The Balaban J connectivity index is 1.72. The van der Waals surface area contributed by atoms with Crippen molar-refractivity contribution in [2.45, 2.75) is 13.8 Å². The first-order chi connectivity index (χ1) is 13.1. The number of hydrogen-bond acceptors (Lipinski definition) is 4. The lowest BCUT2D eigenvalue weighted by Crippen LogP contribution is -2.13. The molecule has 0 fully saturated rings. The first kappa shape index (κ1) is 18.7. The minimum Gasteiger partial charge on any atom is -0.494 e. The van der Waals surface area contributed by atoms with Crippen molar-refractivity contribution in [3.05, 3.63) is 77.1 Å². The number of hydrogen-bond donors (Lipinski definition) is 2.